The van der Waals surface area contributed by atoms with Crippen LogP contribution in [0.4, 0.5) is 5.69 Å². The third-order valence-electron chi connectivity index (χ3n) is 3.26. The van der Waals surface area contributed by atoms with Crippen LogP contribution in [-0.2, 0) is 14.8 Å². The van der Waals surface area contributed by atoms with Gasteiger partial charge in [0.05, 0.1) is 11.6 Å². The molecule has 2 rings (SSSR count). The van der Waals surface area contributed by atoms with Crippen molar-refractivity contribution in [3.8, 4) is 0 Å². The predicted molar refractivity (Wildman–Crippen MR) is 96.2 cm³/mol. The van der Waals surface area contributed by atoms with Gasteiger partial charge in [0.15, 0.2) is 0 Å². The molecule has 2 aromatic carbocycles. The van der Waals surface area contributed by atoms with Gasteiger partial charge in [-0.1, -0.05) is 40.9 Å². The number of carbonyl (C=O) groups is 1. The molecule has 0 spiro atoms. The molecule has 0 unspecified atom stereocenters. The first-order valence-corrected chi connectivity index (χ1v) is 9.25. The number of anilines is 1. The molecule has 0 fully saturated rings. The fourth-order valence-corrected chi connectivity index (χ4v) is 3.81. The number of carbonyl (C=O) groups excluding carboxylic acids is 1. The highest BCUT2D eigenvalue weighted by Gasteiger charge is 2.19. The zero-order valence-electron chi connectivity index (χ0n) is 13.1. The van der Waals surface area contributed by atoms with E-state index in [9.17, 15) is 13.2 Å². The molecule has 8 heteroatoms. The number of aryl methyl sites for hydroxylation is 2. The van der Waals surface area contributed by atoms with Crippen LogP contribution < -0.4 is 10.0 Å². The maximum absolute atomic E-state index is 12.2. The molecule has 0 heterocycles. The van der Waals surface area contributed by atoms with Gasteiger partial charge >= 0.3 is 0 Å². The summed E-state index contributed by atoms with van der Waals surface area (Å²) in [5.41, 5.74) is 2.59. The zero-order valence-corrected chi connectivity index (χ0v) is 15.4. The van der Waals surface area contributed by atoms with E-state index in [1.54, 1.807) is 6.07 Å². The second kappa shape index (κ2) is 7.53. The molecule has 0 saturated heterocycles. The van der Waals surface area contributed by atoms with Crippen molar-refractivity contribution in [3.63, 3.8) is 0 Å². The number of halogens is 2. The van der Waals surface area contributed by atoms with Gasteiger partial charge in [0.1, 0.15) is 4.90 Å². The van der Waals surface area contributed by atoms with Gasteiger partial charge in [-0.2, -0.15) is 0 Å². The Bertz CT molecular complexity index is 883. The Morgan fingerprint density at radius 2 is 1.79 bits per heavy atom. The normalized spacial score (nSPS) is 11.3. The van der Waals surface area contributed by atoms with Crippen LogP contribution in [0.5, 0.6) is 0 Å². The molecule has 128 valence electrons. The summed E-state index contributed by atoms with van der Waals surface area (Å²) < 4.78 is 26.7. The first kappa shape index (κ1) is 18.7. The molecule has 2 aromatic rings. The Balaban J connectivity index is 2.06. The number of hydrogen-bond acceptors (Lipinski definition) is 3. The van der Waals surface area contributed by atoms with Crippen molar-refractivity contribution in [3.05, 3.63) is 57.6 Å². The minimum absolute atomic E-state index is 0.0293. The van der Waals surface area contributed by atoms with Crippen molar-refractivity contribution >= 4 is 44.8 Å². The van der Waals surface area contributed by atoms with Crippen LogP contribution in [0.25, 0.3) is 0 Å². The summed E-state index contributed by atoms with van der Waals surface area (Å²) in [6.45, 7) is 3.39. The molecule has 0 aliphatic heterocycles. The average molecular weight is 387 g/mol. The van der Waals surface area contributed by atoms with Gasteiger partial charge in [-0.3, -0.25) is 4.79 Å². The van der Waals surface area contributed by atoms with Gasteiger partial charge in [0.2, 0.25) is 15.9 Å². The lowest BCUT2D eigenvalue weighted by Gasteiger charge is -2.11. The number of hydrogen-bond donors (Lipinski definition) is 2. The van der Waals surface area contributed by atoms with Crippen LogP contribution in [0.1, 0.15) is 11.1 Å². The number of benzene rings is 2. The smallest absolute Gasteiger partial charge is 0.242 e. The van der Waals surface area contributed by atoms with E-state index in [0.717, 1.165) is 11.1 Å². The average Bonchev–Trinajstić information content (AvgIpc) is 2.50. The van der Waals surface area contributed by atoms with E-state index in [1.165, 1.54) is 18.2 Å². The van der Waals surface area contributed by atoms with E-state index < -0.39 is 22.5 Å². The number of amides is 1. The van der Waals surface area contributed by atoms with Crippen molar-refractivity contribution in [2.24, 2.45) is 0 Å². The standard InChI is InChI=1S/C16H16Cl2N2O3S/c1-10-3-6-14(11(2)7-10)20-16(21)9-19-24(22,23)15-8-12(17)4-5-13(15)18/h3-8,19H,9H2,1-2H3,(H,20,21). The molecule has 5 nitrogen and oxygen atoms in total. The van der Waals surface area contributed by atoms with E-state index in [0.29, 0.717) is 5.69 Å². The third-order valence-corrected chi connectivity index (χ3v) is 5.38. The van der Waals surface area contributed by atoms with Gasteiger partial charge < -0.3 is 5.32 Å². The van der Waals surface area contributed by atoms with E-state index in [2.05, 4.69) is 10.0 Å². The van der Waals surface area contributed by atoms with Crippen molar-refractivity contribution in [1.82, 2.24) is 4.72 Å². The maximum atomic E-state index is 12.2. The largest absolute Gasteiger partial charge is 0.325 e. The maximum Gasteiger partial charge on any atom is 0.242 e. The molecule has 0 aliphatic rings. The Hall–Kier alpha value is -1.60. The molecule has 0 aliphatic carbocycles. The van der Waals surface area contributed by atoms with Crippen molar-refractivity contribution in [2.45, 2.75) is 18.7 Å². The monoisotopic (exact) mass is 386 g/mol. The molecule has 1 amide bonds. The van der Waals surface area contributed by atoms with Crippen LogP contribution in [0.15, 0.2) is 41.3 Å². The molecule has 0 atom stereocenters. The molecule has 0 radical (unpaired) electrons. The van der Waals surface area contributed by atoms with Crippen molar-refractivity contribution in [1.29, 1.82) is 0 Å². The highest BCUT2D eigenvalue weighted by molar-refractivity contribution is 7.89. The molecule has 24 heavy (non-hydrogen) atoms. The van der Waals surface area contributed by atoms with Crippen LogP contribution in [0.2, 0.25) is 10.0 Å². The van der Waals surface area contributed by atoms with Crippen molar-refractivity contribution < 1.29 is 13.2 Å². The predicted octanol–water partition coefficient (Wildman–Crippen LogP) is 3.53. The lowest BCUT2D eigenvalue weighted by Crippen LogP contribution is -2.33. The fraction of sp³-hybridized carbons (Fsp3) is 0.188. The lowest BCUT2D eigenvalue weighted by molar-refractivity contribution is -0.115. The summed E-state index contributed by atoms with van der Waals surface area (Å²) >= 11 is 11.7. The Morgan fingerprint density at radius 3 is 2.46 bits per heavy atom. The molecule has 0 bridgehead atoms. The van der Waals surface area contributed by atoms with Gasteiger partial charge in [0.25, 0.3) is 0 Å². The van der Waals surface area contributed by atoms with Crippen LogP contribution in [0.3, 0.4) is 0 Å². The number of nitrogens with one attached hydrogen (secondary N) is 2. The highest BCUT2D eigenvalue weighted by atomic mass is 35.5. The summed E-state index contributed by atoms with van der Waals surface area (Å²) in [4.78, 5) is 11.8. The Kier molecular flexibility index (Phi) is 5.87. The SMILES string of the molecule is Cc1ccc(NC(=O)CNS(=O)(=O)c2cc(Cl)ccc2Cl)c(C)c1. The quantitative estimate of drug-likeness (QED) is 0.824. The zero-order chi connectivity index (χ0) is 17.9. The van der Waals surface area contributed by atoms with Crippen LogP contribution in [0, 0.1) is 13.8 Å². The topological polar surface area (TPSA) is 75.3 Å². The molecule has 0 saturated carbocycles. The van der Waals surface area contributed by atoms with E-state index in [4.69, 9.17) is 23.2 Å². The number of sulfonamides is 1. The summed E-state index contributed by atoms with van der Waals surface area (Å²) in [5.74, 6) is -0.483. The minimum atomic E-state index is -3.94. The third kappa shape index (κ3) is 4.70. The summed E-state index contributed by atoms with van der Waals surface area (Å²) in [6.07, 6.45) is 0. The molecule has 0 aromatic heterocycles. The molecule has 2 N–H and O–H groups in total. The van der Waals surface area contributed by atoms with Gasteiger partial charge in [0, 0.05) is 10.7 Å². The summed E-state index contributed by atoms with van der Waals surface area (Å²) in [6, 6.07) is 9.65. The summed E-state index contributed by atoms with van der Waals surface area (Å²) in [5, 5.41) is 2.93. The Morgan fingerprint density at radius 1 is 1.08 bits per heavy atom. The van der Waals surface area contributed by atoms with Crippen LogP contribution >= 0.6 is 23.2 Å². The second-order valence-electron chi connectivity index (χ2n) is 5.27. The van der Waals surface area contributed by atoms with Crippen LogP contribution in [-0.4, -0.2) is 20.9 Å². The van der Waals surface area contributed by atoms with Gasteiger partial charge in [-0.25, -0.2) is 13.1 Å². The van der Waals surface area contributed by atoms with E-state index in [1.807, 2.05) is 26.0 Å². The fourth-order valence-electron chi connectivity index (χ4n) is 2.07. The molecular formula is C16H16Cl2N2O3S. The second-order valence-corrected chi connectivity index (χ2v) is 7.84. The lowest BCUT2D eigenvalue weighted by atomic mass is 10.1. The van der Waals surface area contributed by atoms with E-state index >= 15 is 0 Å². The Labute approximate surface area is 151 Å². The van der Waals surface area contributed by atoms with E-state index in [-0.39, 0.29) is 14.9 Å². The minimum Gasteiger partial charge on any atom is -0.325 e. The first-order valence-electron chi connectivity index (χ1n) is 7.01. The molecular weight excluding hydrogens is 371 g/mol. The summed E-state index contributed by atoms with van der Waals surface area (Å²) in [7, 11) is -3.94. The highest BCUT2D eigenvalue weighted by Crippen LogP contribution is 2.24. The number of rotatable bonds is 5. The van der Waals surface area contributed by atoms with Gasteiger partial charge in [-0.05, 0) is 43.7 Å². The first-order chi connectivity index (χ1) is 11.2. The van der Waals surface area contributed by atoms with Gasteiger partial charge in [-0.15, -0.1) is 0 Å². The van der Waals surface area contributed by atoms with Crippen molar-refractivity contribution in [2.75, 3.05) is 11.9 Å².